The lowest BCUT2D eigenvalue weighted by Crippen LogP contribution is -2.38. The summed E-state index contributed by atoms with van der Waals surface area (Å²) in [5.74, 6) is 0.466. The Labute approximate surface area is 186 Å². The molecule has 3 rings (SSSR count). The molecule has 0 unspecified atom stereocenters. The van der Waals surface area contributed by atoms with Gasteiger partial charge in [-0.2, -0.15) is 0 Å². The first kappa shape index (κ1) is 23.1. The summed E-state index contributed by atoms with van der Waals surface area (Å²) in [6.45, 7) is 5.19. The molecule has 31 heavy (non-hydrogen) atoms. The van der Waals surface area contributed by atoms with Crippen LogP contribution in [0.15, 0.2) is 24.3 Å². The Morgan fingerprint density at radius 3 is 2.68 bits per heavy atom. The molecule has 1 aliphatic rings. The molecule has 0 saturated carbocycles. The molecule has 168 valence electrons. The fourth-order valence-electron chi connectivity index (χ4n) is 3.15. The fraction of sp³-hybridized carbons (Fsp3) is 0.524. The number of rotatable bonds is 11. The van der Waals surface area contributed by atoms with Crippen LogP contribution in [-0.4, -0.2) is 73.4 Å². The van der Waals surface area contributed by atoms with Crippen LogP contribution in [0.4, 0.5) is 5.69 Å². The van der Waals surface area contributed by atoms with Crippen LogP contribution in [-0.2, 0) is 16.0 Å². The minimum atomic E-state index is -0.299. The van der Waals surface area contributed by atoms with Gasteiger partial charge in [0.1, 0.15) is 10.8 Å². The molecule has 0 aliphatic carbocycles. The number of carbonyl (C=O) groups excluding carboxylic acids is 2. The highest BCUT2D eigenvalue weighted by Gasteiger charge is 2.14. The predicted octanol–water partition coefficient (Wildman–Crippen LogP) is 1.96. The lowest BCUT2D eigenvalue weighted by atomic mass is 10.2. The van der Waals surface area contributed by atoms with E-state index in [-0.39, 0.29) is 11.8 Å². The van der Waals surface area contributed by atoms with Crippen LogP contribution in [0.2, 0.25) is 0 Å². The van der Waals surface area contributed by atoms with E-state index in [1.165, 1.54) is 11.3 Å². The van der Waals surface area contributed by atoms with Crippen LogP contribution in [0.5, 0.6) is 5.75 Å². The third kappa shape index (κ3) is 7.89. The van der Waals surface area contributed by atoms with Crippen molar-refractivity contribution in [2.45, 2.75) is 25.7 Å². The molecule has 0 spiro atoms. The second-order valence-corrected chi connectivity index (χ2v) is 8.26. The highest BCUT2D eigenvalue weighted by molar-refractivity contribution is 7.13. The Kier molecular flexibility index (Phi) is 9.19. The molecule has 1 aliphatic heterocycles. The summed E-state index contributed by atoms with van der Waals surface area (Å²) in [5, 5.41) is 14.8. The van der Waals surface area contributed by atoms with Gasteiger partial charge in [-0.1, -0.05) is 11.3 Å². The maximum atomic E-state index is 12.3. The molecule has 2 amide bonds. The van der Waals surface area contributed by atoms with E-state index in [1.807, 2.05) is 0 Å². The zero-order valence-electron chi connectivity index (χ0n) is 17.8. The monoisotopic (exact) mass is 447 g/mol. The average Bonchev–Trinajstić information content (AvgIpc) is 3.27. The van der Waals surface area contributed by atoms with Gasteiger partial charge in [0.2, 0.25) is 10.9 Å². The Morgan fingerprint density at radius 1 is 1.16 bits per heavy atom. The summed E-state index contributed by atoms with van der Waals surface area (Å²) < 4.78 is 10.4. The van der Waals surface area contributed by atoms with E-state index in [0.717, 1.165) is 50.0 Å². The van der Waals surface area contributed by atoms with Gasteiger partial charge in [-0.25, -0.2) is 0 Å². The molecule has 0 radical (unpaired) electrons. The van der Waals surface area contributed by atoms with Crippen molar-refractivity contribution in [3.63, 3.8) is 0 Å². The van der Waals surface area contributed by atoms with Crippen molar-refractivity contribution in [3.05, 3.63) is 34.3 Å². The number of nitrogens with one attached hydrogen (secondary N) is 2. The van der Waals surface area contributed by atoms with Crippen LogP contribution >= 0.6 is 11.3 Å². The molecule has 0 bridgehead atoms. The van der Waals surface area contributed by atoms with Crippen LogP contribution in [0.1, 0.15) is 34.1 Å². The third-order valence-corrected chi connectivity index (χ3v) is 5.86. The van der Waals surface area contributed by atoms with Crippen LogP contribution < -0.4 is 15.4 Å². The number of aromatic nitrogens is 2. The summed E-state index contributed by atoms with van der Waals surface area (Å²) in [6, 6.07) is 7.07. The highest BCUT2D eigenvalue weighted by Crippen LogP contribution is 2.18. The van der Waals surface area contributed by atoms with E-state index in [9.17, 15) is 9.59 Å². The molecule has 2 N–H and O–H groups in total. The molecule has 1 aromatic carbocycles. The fourth-order valence-corrected chi connectivity index (χ4v) is 3.93. The minimum Gasteiger partial charge on any atom is -0.497 e. The molecule has 1 aromatic heterocycles. The lowest BCUT2D eigenvalue weighted by Gasteiger charge is -2.26. The predicted molar refractivity (Wildman–Crippen MR) is 119 cm³/mol. The standard InChI is InChI=1S/C21H29N5O4S/c1-29-17-8-6-16(7-9-17)23-20(28)21-25-24-19(31-21)5-2-4-18(27)22-10-3-11-26-12-14-30-15-13-26/h6-9H,2-5,10-15H2,1H3,(H,22,27)(H,23,28). The molecular weight excluding hydrogens is 418 g/mol. The highest BCUT2D eigenvalue weighted by atomic mass is 32.1. The first-order chi connectivity index (χ1) is 15.1. The van der Waals surface area contributed by atoms with Crippen molar-refractivity contribution >= 4 is 28.8 Å². The summed E-state index contributed by atoms with van der Waals surface area (Å²) in [4.78, 5) is 26.7. The van der Waals surface area contributed by atoms with E-state index < -0.39 is 0 Å². The second kappa shape index (κ2) is 12.3. The smallest absolute Gasteiger partial charge is 0.286 e. The third-order valence-electron chi connectivity index (χ3n) is 4.88. The van der Waals surface area contributed by atoms with Crippen LogP contribution in [0, 0.1) is 0 Å². The summed E-state index contributed by atoms with van der Waals surface area (Å²) >= 11 is 1.25. The van der Waals surface area contributed by atoms with Gasteiger partial charge in [0, 0.05) is 38.2 Å². The molecule has 9 nitrogen and oxygen atoms in total. The molecule has 1 saturated heterocycles. The number of morpholine rings is 1. The van der Waals surface area contributed by atoms with Gasteiger partial charge in [-0.05, 0) is 43.7 Å². The molecule has 2 heterocycles. The summed E-state index contributed by atoms with van der Waals surface area (Å²) in [6.07, 6.45) is 2.66. The average molecular weight is 448 g/mol. The maximum absolute atomic E-state index is 12.3. The van der Waals surface area contributed by atoms with Gasteiger partial charge in [0.25, 0.3) is 5.91 Å². The van der Waals surface area contributed by atoms with Crippen molar-refractivity contribution in [3.8, 4) is 5.75 Å². The SMILES string of the molecule is COc1ccc(NC(=O)c2nnc(CCCC(=O)NCCCN3CCOCC3)s2)cc1. The first-order valence-corrected chi connectivity index (χ1v) is 11.3. The summed E-state index contributed by atoms with van der Waals surface area (Å²) in [5.41, 5.74) is 0.660. The van der Waals surface area contributed by atoms with E-state index in [0.29, 0.717) is 36.5 Å². The van der Waals surface area contributed by atoms with E-state index in [4.69, 9.17) is 9.47 Å². The Balaban J connectivity index is 1.31. The van der Waals surface area contributed by atoms with Crippen LogP contribution in [0.25, 0.3) is 0 Å². The lowest BCUT2D eigenvalue weighted by molar-refractivity contribution is -0.121. The molecule has 1 fully saturated rings. The van der Waals surface area contributed by atoms with E-state index in [1.54, 1.807) is 31.4 Å². The van der Waals surface area contributed by atoms with Gasteiger partial charge in [-0.3, -0.25) is 14.5 Å². The molecule has 0 atom stereocenters. The number of benzene rings is 1. The van der Waals surface area contributed by atoms with Crippen LogP contribution in [0.3, 0.4) is 0 Å². The Bertz CT molecular complexity index is 837. The van der Waals surface area contributed by atoms with Crippen molar-refractivity contribution in [2.24, 2.45) is 0 Å². The van der Waals surface area contributed by atoms with Crippen molar-refractivity contribution in [1.29, 1.82) is 0 Å². The minimum absolute atomic E-state index is 0.0453. The van der Waals surface area contributed by atoms with E-state index >= 15 is 0 Å². The number of anilines is 1. The number of ether oxygens (including phenoxy) is 2. The van der Waals surface area contributed by atoms with Gasteiger partial charge in [0.15, 0.2) is 0 Å². The number of carbonyl (C=O) groups is 2. The Hall–Kier alpha value is -2.56. The van der Waals surface area contributed by atoms with Gasteiger partial charge >= 0.3 is 0 Å². The van der Waals surface area contributed by atoms with Crippen molar-refractivity contribution in [1.82, 2.24) is 20.4 Å². The van der Waals surface area contributed by atoms with Gasteiger partial charge in [0.05, 0.1) is 20.3 Å². The van der Waals surface area contributed by atoms with Crippen molar-refractivity contribution in [2.75, 3.05) is 51.8 Å². The zero-order chi connectivity index (χ0) is 21.9. The maximum Gasteiger partial charge on any atom is 0.286 e. The Morgan fingerprint density at radius 2 is 1.94 bits per heavy atom. The van der Waals surface area contributed by atoms with Crippen molar-refractivity contribution < 1.29 is 19.1 Å². The number of aryl methyl sites for hydroxylation is 1. The number of nitrogens with zero attached hydrogens (tertiary/aromatic N) is 3. The first-order valence-electron chi connectivity index (χ1n) is 10.5. The topological polar surface area (TPSA) is 106 Å². The quantitative estimate of drug-likeness (QED) is 0.507. The number of methoxy groups -OCH3 is 1. The number of amides is 2. The van der Waals surface area contributed by atoms with Gasteiger partial charge in [-0.15, -0.1) is 10.2 Å². The largest absolute Gasteiger partial charge is 0.497 e. The van der Waals surface area contributed by atoms with E-state index in [2.05, 4.69) is 25.7 Å². The molecule has 2 aromatic rings. The summed E-state index contributed by atoms with van der Waals surface area (Å²) in [7, 11) is 1.59. The molecule has 10 heteroatoms. The van der Waals surface area contributed by atoms with Gasteiger partial charge < -0.3 is 20.1 Å². The second-order valence-electron chi connectivity index (χ2n) is 7.19. The number of hydrogen-bond donors (Lipinski definition) is 2. The zero-order valence-corrected chi connectivity index (χ0v) is 18.6. The molecular formula is C21H29N5O4S. The normalized spacial score (nSPS) is 14.2. The number of hydrogen-bond acceptors (Lipinski definition) is 8.